The molecular weight excluding hydrogens is 324 g/mol. The number of hydrogen-bond donors (Lipinski definition) is 3. The van der Waals surface area contributed by atoms with Crippen molar-refractivity contribution in [2.45, 2.75) is 20.8 Å². The fourth-order valence-corrected chi connectivity index (χ4v) is 3.30. The third-order valence-corrected chi connectivity index (χ3v) is 4.46. The zero-order chi connectivity index (χ0) is 18.3. The summed E-state index contributed by atoms with van der Waals surface area (Å²) < 4.78 is 0. The molecule has 0 saturated heterocycles. The molecule has 0 atom stereocenters. The number of nitrogen functional groups attached to an aromatic ring is 1. The Morgan fingerprint density at radius 1 is 1.00 bits per heavy atom. The molecule has 6 heteroatoms. The highest BCUT2D eigenvalue weighted by atomic mass is 15.1. The van der Waals surface area contributed by atoms with Crippen LogP contribution in [0.4, 0.5) is 17.5 Å². The van der Waals surface area contributed by atoms with E-state index in [9.17, 15) is 0 Å². The van der Waals surface area contributed by atoms with Gasteiger partial charge in [0.2, 0.25) is 5.95 Å². The second-order valence-electron chi connectivity index (χ2n) is 6.52. The number of nitrogens with one attached hydrogen (secondary N) is 2. The Morgan fingerprint density at radius 3 is 2.54 bits per heavy atom. The normalized spacial score (nSPS) is 11.0. The van der Waals surface area contributed by atoms with Crippen LogP contribution in [0.25, 0.3) is 22.2 Å². The monoisotopic (exact) mass is 344 g/mol. The summed E-state index contributed by atoms with van der Waals surface area (Å²) in [5.41, 5.74) is 14.2. The summed E-state index contributed by atoms with van der Waals surface area (Å²) in [6.45, 7) is 6.27. The zero-order valence-electron chi connectivity index (χ0n) is 15.0. The minimum Gasteiger partial charge on any atom is -0.368 e. The van der Waals surface area contributed by atoms with Crippen LogP contribution in [0.2, 0.25) is 0 Å². The average molecular weight is 344 g/mol. The molecule has 6 nitrogen and oxygen atoms in total. The zero-order valence-corrected chi connectivity index (χ0v) is 15.0. The first-order valence-electron chi connectivity index (χ1n) is 8.42. The quantitative estimate of drug-likeness (QED) is 0.516. The maximum atomic E-state index is 5.86. The number of H-pyrrole nitrogens is 1. The molecule has 0 spiro atoms. The molecule has 0 saturated carbocycles. The summed E-state index contributed by atoms with van der Waals surface area (Å²) in [5, 5.41) is 3.46. The number of imidazole rings is 1. The predicted octanol–water partition coefficient (Wildman–Crippen LogP) is 4.27. The lowest BCUT2D eigenvalue weighted by Gasteiger charge is -2.16. The number of aromatic nitrogens is 4. The molecule has 2 aromatic heterocycles. The van der Waals surface area contributed by atoms with Crippen molar-refractivity contribution in [1.82, 2.24) is 19.9 Å². The fraction of sp³-hybridized carbons (Fsp3) is 0.150. The third kappa shape index (κ3) is 2.86. The average Bonchev–Trinajstić information content (AvgIpc) is 3.06. The largest absolute Gasteiger partial charge is 0.368 e. The first kappa shape index (κ1) is 16.1. The molecule has 2 heterocycles. The van der Waals surface area contributed by atoms with Gasteiger partial charge in [0.25, 0.3) is 0 Å². The van der Waals surface area contributed by atoms with Gasteiger partial charge in [0.15, 0.2) is 0 Å². The molecule has 0 aliphatic carbocycles. The van der Waals surface area contributed by atoms with E-state index < -0.39 is 0 Å². The van der Waals surface area contributed by atoms with Gasteiger partial charge in [0, 0.05) is 17.4 Å². The molecule has 0 fully saturated rings. The molecule has 0 unspecified atom stereocenters. The lowest BCUT2D eigenvalue weighted by atomic mass is 10.0. The van der Waals surface area contributed by atoms with Gasteiger partial charge in [-0.25, -0.2) is 9.97 Å². The van der Waals surface area contributed by atoms with Crippen molar-refractivity contribution in [1.29, 1.82) is 0 Å². The molecule has 130 valence electrons. The van der Waals surface area contributed by atoms with E-state index in [4.69, 9.17) is 5.73 Å². The topological polar surface area (TPSA) is 92.5 Å². The number of anilines is 3. The summed E-state index contributed by atoms with van der Waals surface area (Å²) in [6.07, 6.45) is 3.44. The van der Waals surface area contributed by atoms with Crippen LogP contribution < -0.4 is 11.1 Å². The molecular formula is C20H20N6. The van der Waals surface area contributed by atoms with Crippen LogP contribution in [0.15, 0.2) is 42.9 Å². The standard InChI is InChI=1S/C20H20N6/c1-11-6-12(2)18(13(3)7-11)25-19-15(9-22-20(21)26-19)14-4-5-16-17(8-14)24-10-23-16/h4-10H,1-3H3,(H,23,24)(H3,21,22,25,26). The van der Waals surface area contributed by atoms with Crippen molar-refractivity contribution < 1.29 is 0 Å². The molecule has 4 aromatic rings. The second kappa shape index (κ2) is 6.15. The number of hydrogen-bond acceptors (Lipinski definition) is 5. The van der Waals surface area contributed by atoms with Crippen LogP contribution in [-0.2, 0) is 0 Å². The van der Waals surface area contributed by atoms with Gasteiger partial charge in [-0.1, -0.05) is 23.8 Å². The Hall–Kier alpha value is -3.41. The van der Waals surface area contributed by atoms with Crippen LogP contribution in [0.5, 0.6) is 0 Å². The van der Waals surface area contributed by atoms with E-state index in [-0.39, 0.29) is 5.95 Å². The minimum atomic E-state index is 0.237. The van der Waals surface area contributed by atoms with Crippen LogP contribution in [0.1, 0.15) is 16.7 Å². The van der Waals surface area contributed by atoms with Crippen LogP contribution >= 0.6 is 0 Å². The first-order chi connectivity index (χ1) is 12.5. The number of aromatic amines is 1. The third-order valence-electron chi connectivity index (χ3n) is 4.46. The molecule has 2 aromatic carbocycles. The summed E-state index contributed by atoms with van der Waals surface area (Å²) in [7, 11) is 0. The van der Waals surface area contributed by atoms with E-state index in [1.54, 1.807) is 12.5 Å². The van der Waals surface area contributed by atoms with Gasteiger partial charge in [0.05, 0.1) is 17.4 Å². The number of rotatable bonds is 3. The van der Waals surface area contributed by atoms with Gasteiger partial charge < -0.3 is 16.0 Å². The van der Waals surface area contributed by atoms with Crippen molar-refractivity contribution in [3.05, 3.63) is 59.5 Å². The van der Waals surface area contributed by atoms with Gasteiger partial charge >= 0.3 is 0 Å². The maximum absolute atomic E-state index is 5.86. The van der Waals surface area contributed by atoms with Gasteiger partial charge in [-0.15, -0.1) is 0 Å². The summed E-state index contributed by atoms with van der Waals surface area (Å²) in [5.74, 6) is 0.924. The Labute approximate surface area is 151 Å². The first-order valence-corrected chi connectivity index (χ1v) is 8.42. The summed E-state index contributed by atoms with van der Waals surface area (Å²) in [4.78, 5) is 16.0. The molecule has 0 aliphatic rings. The smallest absolute Gasteiger partial charge is 0.221 e. The minimum absolute atomic E-state index is 0.237. The lowest BCUT2D eigenvalue weighted by Crippen LogP contribution is -2.04. The molecule has 0 radical (unpaired) electrons. The van der Waals surface area contributed by atoms with Gasteiger partial charge in [-0.05, 0) is 49.6 Å². The Morgan fingerprint density at radius 2 is 1.77 bits per heavy atom. The number of aryl methyl sites for hydroxylation is 3. The number of benzene rings is 2. The van der Waals surface area contributed by atoms with Crippen molar-refractivity contribution in [3.8, 4) is 11.1 Å². The van der Waals surface area contributed by atoms with Crippen molar-refractivity contribution in [3.63, 3.8) is 0 Å². The van der Waals surface area contributed by atoms with Crippen molar-refractivity contribution in [2.75, 3.05) is 11.1 Å². The van der Waals surface area contributed by atoms with E-state index in [0.717, 1.165) is 39.0 Å². The van der Waals surface area contributed by atoms with E-state index >= 15 is 0 Å². The van der Waals surface area contributed by atoms with E-state index in [2.05, 4.69) is 58.2 Å². The van der Waals surface area contributed by atoms with Crippen molar-refractivity contribution >= 4 is 28.5 Å². The van der Waals surface area contributed by atoms with E-state index in [0.29, 0.717) is 5.82 Å². The molecule has 0 aliphatic heterocycles. The Bertz CT molecular complexity index is 1090. The van der Waals surface area contributed by atoms with Crippen LogP contribution in [0, 0.1) is 20.8 Å². The lowest BCUT2D eigenvalue weighted by molar-refractivity contribution is 1.18. The van der Waals surface area contributed by atoms with Crippen LogP contribution in [-0.4, -0.2) is 19.9 Å². The molecule has 4 N–H and O–H groups in total. The second-order valence-corrected chi connectivity index (χ2v) is 6.52. The molecule has 26 heavy (non-hydrogen) atoms. The number of fused-ring (bicyclic) bond motifs is 1. The number of nitrogens with zero attached hydrogens (tertiary/aromatic N) is 3. The van der Waals surface area contributed by atoms with Crippen LogP contribution in [0.3, 0.4) is 0 Å². The molecule has 0 amide bonds. The summed E-state index contributed by atoms with van der Waals surface area (Å²) in [6, 6.07) is 10.3. The molecule has 0 bridgehead atoms. The Kier molecular flexibility index (Phi) is 3.80. The molecule has 4 rings (SSSR count). The highest BCUT2D eigenvalue weighted by molar-refractivity contribution is 5.86. The predicted molar refractivity (Wildman–Crippen MR) is 105 cm³/mol. The van der Waals surface area contributed by atoms with E-state index in [1.165, 1.54) is 5.56 Å². The van der Waals surface area contributed by atoms with Crippen molar-refractivity contribution in [2.24, 2.45) is 0 Å². The number of nitrogens with two attached hydrogens (primary N) is 1. The van der Waals surface area contributed by atoms with Gasteiger partial charge in [-0.3, -0.25) is 0 Å². The Balaban J connectivity index is 1.83. The SMILES string of the molecule is Cc1cc(C)c(Nc2nc(N)ncc2-c2ccc3nc[nH]c3c2)c(C)c1. The fourth-order valence-electron chi connectivity index (χ4n) is 3.30. The highest BCUT2D eigenvalue weighted by Crippen LogP contribution is 2.32. The highest BCUT2D eigenvalue weighted by Gasteiger charge is 2.13. The van der Waals surface area contributed by atoms with E-state index in [1.807, 2.05) is 18.2 Å². The maximum Gasteiger partial charge on any atom is 0.221 e. The summed E-state index contributed by atoms with van der Waals surface area (Å²) >= 11 is 0. The van der Waals surface area contributed by atoms with Gasteiger partial charge in [0.1, 0.15) is 5.82 Å². The van der Waals surface area contributed by atoms with Gasteiger partial charge in [-0.2, -0.15) is 4.98 Å².